The first kappa shape index (κ1) is 8.47. The molecule has 2 heteroatoms. The Balaban J connectivity index is 3.39. The van der Waals surface area contributed by atoms with Crippen LogP contribution in [-0.4, -0.2) is 11.1 Å². The minimum atomic E-state index is -0.824. The van der Waals surface area contributed by atoms with Gasteiger partial charge in [-0.15, -0.1) is 0 Å². The van der Waals surface area contributed by atoms with Gasteiger partial charge in [0.15, 0.2) is 0 Å². The van der Waals surface area contributed by atoms with Gasteiger partial charge in [0, 0.05) is 6.42 Å². The summed E-state index contributed by atoms with van der Waals surface area (Å²) in [7, 11) is 0. The number of carbonyl (C=O) groups is 1. The second kappa shape index (κ2) is 2.85. The first-order valence-corrected chi connectivity index (χ1v) is 2.70. The molecule has 0 fully saturated rings. The number of aliphatic carboxylic acids is 1. The van der Waals surface area contributed by atoms with Crippen molar-refractivity contribution in [2.45, 2.75) is 12.8 Å². The second-order valence-corrected chi connectivity index (χ2v) is 2.39. The van der Waals surface area contributed by atoms with Crippen LogP contribution < -0.4 is 0 Å². The van der Waals surface area contributed by atoms with E-state index in [1.54, 1.807) is 0 Å². The molecule has 0 aliphatic heterocycles. The highest BCUT2D eigenvalue weighted by Gasteiger charge is 2.11. The SMILES string of the molecule is [CH2]C([CH2])([CH2])CCC(=O)O. The van der Waals surface area contributed by atoms with Gasteiger partial charge in [-0.25, -0.2) is 0 Å². The van der Waals surface area contributed by atoms with Crippen LogP contribution in [0.25, 0.3) is 0 Å². The number of carboxylic acid groups (broad SMARTS) is 1. The van der Waals surface area contributed by atoms with Gasteiger partial charge in [0.25, 0.3) is 0 Å². The summed E-state index contributed by atoms with van der Waals surface area (Å²) in [6.07, 6.45) is 0.513. The van der Waals surface area contributed by atoms with Crippen LogP contribution in [0.4, 0.5) is 0 Å². The maximum absolute atomic E-state index is 9.96. The molecule has 0 heterocycles. The van der Waals surface area contributed by atoms with Gasteiger partial charge in [-0.2, -0.15) is 0 Å². The molecule has 0 saturated carbocycles. The van der Waals surface area contributed by atoms with Gasteiger partial charge < -0.3 is 5.11 Å². The summed E-state index contributed by atoms with van der Waals surface area (Å²) < 4.78 is 0. The lowest BCUT2D eigenvalue weighted by atomic mass is 9.91. The van der Waals surface area contributed by atoms with Gasteiger partial charge in [0.1, 0.15) is 0 Å². The van der Waals surface area contributed by atoms with Crippen LogP contribution in [0.3, 0.4) is 0 Å². The quantitative estimate of drug-likeness (QED) is 0.621. The van der Waals surface area contributed by atoms with E-state index in [0.717, 1.165) is 0 Å². The van der Waals surface area contributed by atoms with Crippen molar-refractivity contribution in [2.24, 2.45) is 5.41 Å². The highest BCUT2D eigenvalue weighted by molar-refractivity contribution is 5.66. The van der Waals surface area contributed by atoms with Gasteiger partial charge in [-0.1, -0.05) is 0 Å². The van der Waals surface area contributed by atoms with Gasteiger partial charge in [-0.3, -0.25) is 4.79 Å². The van der Waals surface area contributed by atoms with Crippen LogP contribution in [0.15, 0.2) is 0 Å². The zero-order valence-electron chi connectivity index (χ0n) is 5.39. The molecule has 9 heavy (non-hydrogen) atoms. The molecule has 0 amide bonds. The van der Waals surface area contributed by atoms with E-state index in [1.807, 2.05) is 0 Å². The Morgan fingerprint density at radius 3 is 2.00 bits per heavy atom. The van der Waals surface area contributed by atoms with Crippen molar-refractivity contribution in [3.8, 4) is 0 Å². The fourth-order valence-corrected chi connectivity index (χ4v) is 0.372. The van der Waals surface area contributed by atoms with Crippen LogP contribution in [0.5, 0.6) is 0 Å². The monoisotopic (exact) mass is 127 g/mol. The number of carboxylic acids is 1. The lowest BCUT2D eigenvalue weighted by Gasteiger charge is -2.14. The second-order valence-electron chi connectivity index (χ2n) is 2.39. The molecule has 0 atom stereocenters. The van der Waals surface area contributed by atoms with Gasteiger partial charge in [0.2, 0.25) is 0 Å². The summed E-state index contributed by atoms with van der Waals surface area (Å²) in [5.41, 5.74) is -0.599. The lowest BCUT2D eigenvalue weighted by molar-refractivity contribution is -0.137. The third-order valence-electron chi connectivity index (χ3n) is 0.869. The van der Waals surface area contributed by atoms with E-state index in [9.17, 15) is 4.79 Å². The Kier molecular flexibility index (Phi) is 2.68. The van der Waals surface area contributed by atoms with Crippen LogP contribution in [0.2, 0.25) is 0 Å². The largest absolute Gasteiger partial charge is 0.481 e. The molecule has 0 aliphatic carbocycles. The third-order valence-corrected chi connectivity index (χ3v) is 0.869. The first-order chi connectivity index (χ1) is 3.92. The van der Waals surface area contributed by atoms with E-state index in [-0.39, 0.29) is 6.42 Å². The fraction of sp³-hybridized carbons (Fsp3) is 0.429. The molecule has 0 bridgehead atoms. The first-order valence-electron chi connectivity index (χ1n) is 2.70. The Morgan fingerprint density at radius 2 is 1.89 bits per heavy atom. The molecule has 0 saturated heterocycles. The summed E-state index contributed by atoms with van der Waals surface area (Å²) in [5, 5.41) is 8.19. The van der Waals surface area contributed by atoms with Crippen molar-refractivity contribution in [1.82, 2.24) is 0 Å². The van der Waals surface area contributed by atoms with Crippen LogP contribution in [-0.2, 0) is 4.79 Å². The Morgan fingerprint density at radius 1 is 1.44 bits per heavy atom. The topological polar surface area (TPSA) is 37.3 Å². The van der Waals surface area contributed by atoms with E-state index >= 15 is 0 Å². The fourth-order valence-electron chi connectivity index (χ4n) is 0.372. The van der Waals surface area contributed by atoms with E-state index in [0.29, 0.717) is 6.42 Å². The summed E-state index contributed by atoms with van der Waals surface area (Å²) in [6.45, 7) is 10.7. The zero-order valence-corrected chi connectivity index (χ0v) is 5.39. The molecule has 0 aromatic carbocycles. The van der Waals surface area contributed by atoms with Crippen LogP contribution in [0, 0.1) is 26.2 Å². The molecule has 0 aromatic heterocycles. The van der Waals surface area contributed by atoms with E-state index < -0.39 is 11.4 Å². The average molecular weight is 127 g/mol. The highest BCUT2D eigenvalue weighted by atomic mass is 16.4. The van der Waals surface area contributed by atoms with Crippen LogP contribution in [0.1, 0.15) is 12.8 Å². The van der Waals surface area contributed by atoms with Crippen molar-refractivity contribution in [3.05, 3.63) is 20.8 Å². The van der Waals surface area contributed by atoms with Crippen molar-refractivity contribution in [2.75, 3.05) is 0 Å². The van der Waals surface area contributed by atoms with Crippen molar-refractivity contribution < 1.29 is 9.90 Å². The van der Waals surface area contributed by atoms with E-state index in [4.69, 9.17) is 5.11 Å². The standard InChI is InChI=1S/C7H11O2/c1-7(2,3)5-4-6(8)9/h1-5H2,(H,8,9). The Labute approximate surface area is 55.9 Å². The molecule has 0 aromatic rings. The predicted molar refractivity (Wildman–Crippen MR) is 35.4 cm³/mol. The molecular weight excluding hydrogens is 116 g/mol. The molecule has 0 rings (SSSR count). The number of hydrogen-bond acceptors (Lipinski definition) is 1. The maximum atomic E-state index is 9.96. The summed E-state index contributed by atoms with van der Waals surface area (Å²) >= 11 is 0. The molecular formula is C7H11O2. The predicted octanol–water partition coefficient (Wildman–Crippen LogP) is 1.34. The molecule has 1 N–H and O–H groups in total. The third kappa shape index (κ3) is 7.47. The van der Waals surface area contributed by atoms with Gasteiger partial charge in [0.05, 0.1) is 0 Å². The molecule has 0 unspecified atom stereocenters. The zero-order chi connectivity index (χ0) is 7.49. The normalized spacial score (nSPS) is 11.4. The number of hydrogen-bond donors (Lipinski definition) is 1. The Hall–Kier alpha value is -0.530. The average Bonchev–Trinajstić information content (AvgIpc) is 1.59. The van der Waals surface area contributed by atoms with Gasteiger partial charge in [-0.05, 0) is 32.6 Å². The van der Waals surface area contributed by atoms with Gasteiger partial charge >= 0.3 is 5.97 Å². The molecule has 2 nitrogen and oxygen atoms in total. The number of rotatable bonds is 3. The van der Waals surface area contributed by atoms with Crippen molar-refractivity contribution in [1.29, 1.82) is 0 Å². The molecule has 0 aliphatic rings. The van der Waals surface area contributed by atoms with Crippen molar-refractivity contribution >= 4 is 5.97 Å². The minimum Gasteiger partial charge on any atom is -0.481 e. The molecule has 3 radical (unpaired) electrons. The van der Waals surface area contributed by atoms with Crippen molar-refractivity contribution in [3.63, 3.8) is 0 Å². The van der Waals surface area contributed by atoms with E-state index in [2.05, 4.69) is 20.8 Å². The maximum Gasteiger partial charge on any atom is 0.303 e. The minimum absolute atomic E-state index is 0.0938. The van der Waals surface area contributed by atoms with Crippen LogP contribution >= 0.6 is 0 Å². The summed E-state index contributed by atoms with van der Waals surface area (Å²) in [6, 6.07) is 0. The highest BCUT2D eigenvalue weighted by Crippen LogP contribution is 2.18. The molecule has 0 spiro atoms. The lowest BCUT2D eigenvalue weighted by Crippen LogP contribution is -2.09. The van der Waals surface area contributed by atoms with E-state index in [1.165, 1.54) is 0 Å². The summed E-state index contributed by atoms with van der Waals surface area (Å²) in [4.78, 5) is 9.96. The molecule has 51 valence electrons. The summed E-state index contributed by atoms with van der Waals surface area (Å²) in [5.74, 6) is -0.824. The smallest absolute Gasteiger partial charge is 0.303 e. The Bertz CT molecular complexity index is 100.0.